The zero-order valence-corrected chi connectivity index (χ0v) is 15.5. The Morgan fingerprint density at radius 3 is 2.83 bits per heavy atom. The molecular formula is C17H24N2O2S2. The van der Waals surface area contributed by atoms with E-state index >= 15 is 0 Å². The average molecular weight is 353 g/mol. The first kappa shape index (κ1) is 18.1. The van der Waals surface area contributed by atoms with E-state index in [9.17, 15) is 4.79 Å². The zero-order valence-electron chi connectivity index (χ0n) is 13.9. The zero-order chi connectivity index (χ0) is 16.8. The summed E-state index contributed by atoms with van der Waals surface area (Å²) in [6.45, 7) is 8.40. The molecule has 1 aliphatic heterocycles. The van der Waals surface area contributed by atoms with E-state index in [4.69, 9.17) is 17.0 Å². The lowest BCUT2D eigenvalue weighted by Crippen LogP contribution is -2.38. The fraction of sp³-hybridized carbons (Fsp3) is 0.529. The van der Waals surface area contributed by atoms with Crippen LogP contribution in [0.25, 0.3) is 0 Å². The topological polar surface area (TPSA) is 41.6 Å². The Bertz CT molecular complexity index is 561. The molecule has 2 unspecified atom stereocenters. The molecule has 1 aromatic carbocycles. The molecule has 1 heterocycles. The highest BCUT2D eigenvalue weighted by Crippen LogP contribution is 2.31. The van der Waals surface area contributed by atoms with Crippen molar-refractivity contribution in [2.75, 3.05) is 19.7 Å². The van der Waals surface area contributed by atoms with Crippen molar-refractivity contribution in [1.29, 1.82) is 0 Å². The van der Waals surface area contributed by atoms with Crippen molar-refractivity contribution in [3.63, 3.8) is 0 Å². The van der Waals surface area contributed by atoms with Crippen LogP contribution in [0.4, 0.5) is 0 Å². The van der Waals surface area contributed by atoms with Gasteiger partial charge in [0.1, 0.15) is 10.1 Å². The van der Waals surface area contributed by atoms with Gasteiger partial charge in [0, 0.05) is 25.1 Å². The van der Waals surface area contributed by atoms with Gasteiger partial charge in [-0.2, -0.15) is 0 Å². The fourth-order valence-electron chi connectivity index (χ4n) is 2.54. The van der Waals surface area contributed by atoms with Gasteiger partial charge in [0.05, 0.1) is 17.9 Å². The van der Waals surface area contributed by atoms with Gasteiger partial charge in [-0.25, -0.2) is 0 Å². The number of nitrogens with zero attached hydrogens (tertiary/aromatic N) is 1. The van der Waals surface area contributed by atoms with Gasteiger partial charge in [0.15, 0.2) is 0 Å². The smallest absolute Gasteiger partial charge is 0.233 e. The quantitative estimate of drug-likeness (QED) is 0.823. The number of carbonyl (C=O) groups is 1. The Hall–Kier alpha value is -1.27. The van der Waals surface area contributed by atoms with Crippen LogP contribution < -0.4 is 10.1 Å². The minimum atomic E-state index is -0.210. The summed E-state index contributed by atoms with van der Waals surface area (Å²) in [4.78, 5) is 14.6. The highest BCUT2D eigenvalue weighted by Gasteiger charge is 2.25. The fourth-order valence-corrected chi connectivity index (χ4v) is 4.12. The molecule has 23 heavy (non-hydrogen) atoms. The normalized spacial score (nSPS) is 17.6. The predicted octanol–water partition coefficient (Wildman–Crippen LogP) is 3.37. The van der Waals surface area contributed by atoms with Crippen LogP contribution in [0.2, 0.25) is 0 Å². The molecule has 1 aromatic rings. The van der Waals surface area contributed by atoms with Crippen LogP contribution in [0.15, 0.2) is 24.3 Å². The number of ether oxygens (including phenoxy) is 1. The lowest BCUT2D eigenvalue weighted by atomic mass is 10.0. The van der Waals surface area contributed by atoms with E-state index in [-0.39, 0.29) is 17.2 Å². The molecule has 0 radical (unpaired) electrons. The van der Waals surface area contributed by atoms with Gasteiger partial charge >= 0.3 is 0 Å². The molecule has 0 aromatic heterocycles. The molecule has 2 rings (SSSR count). The standard InChI is InChI=1S/C17H24N2O2S2/c1-4-19(5-2)17(22)23-12(3)16(20)18-14-10-11-21-15-9-7-6-8-13(14)15/h6-9,12,14H,4-5,10-11H2,1-3H3,(H,18,20). The molecular weight excluding hydrogens is 328 g/mol. The average Bonchev–Trinajstić information content (AvgIpc) is 2.56. The van der Waals surface area contributed by atoms with Crippen molar-refractivity contribution in [3.8, 4) is 5.75 Å². The van der Waals surface area contributed by atoms with Gasteiger partial charge in [0.25, 0.3) is 0 Å². The molecule has 0 saturated carbocycles. The molecule has 1 aliphatic rings. The van der Waals surface area contributed by atoms with Crippen LogP contribution >= 0.6 is 24.0 Å². The SMILES string of the molecule is CCN(CC)C(=S)SC(C)C(=O)NC1CCOc2ccccc21. The summed E-state index contributed by atoms with van der Waals surface area (Å²) < 4.78 is 6.42. The Morgan fingerprint density at radius 1 is 1.43 bits per heavy atom. The Kier molecular flexibility index (Phi) is 6.72. The lowest BCUT2D eigenvalue weighted by Gasteiger charge is -2.28. The van der Waals surface area contributed by atoms with Crippen LogP contribution in [-0.4, -0.2) is 40.1 Å². The number of benzene rings is 1. The molecule has 1 amide bonds. The van der Waals surface area contributed by atoms with E-state index in [0.717, 1.165) is 35.1 Å². The highest BCUT2D eigenvalue weighted by molar-refractivity contribution is 8.23. The van der Waals surface area contributed by atoms with Crippen LogP contribution in [0.1, 0.15) is 38.8 Å². The third-order valence-electron chi connectivity index (χ3n) is 3.94. The molecule has 0 spiro atoms. The highest BCUT2D eigenvalue weighted by atomic mass is 32.2. The van der Waals surface area contributed by atoms with E-state index in [1.807, 2.05) is 31.2 Å². The van der Waals surface area contributed by atoms with Crippen LogP contribution in [0, 0.1) is 0 Å². The number of fused-ring (bicyclic) bond motifs is 1. The Balaban J connectivity index is 1.96. The molecule has 2 atom stereocenters. The summed E-state index contributed by atoms with van der Waals surface area (Å²) >= 11 is 6.87. The number of amides is 1. The van der Waals surface area contributed by atoms with Crippen molar-refractivity contribution in [3.05, 3.63) is 29.8 Å². The van der Waals surface area contributed by atoms with Gasteiger partial charge in [-0.05, 0) is 26.8 Å². The number of rotatable bonds is 5. The third-order valence-corrected chi connectivity index (χ3v) is 5.52. The molecule has 0 bridgehead atoms. The van der Waals surface area contributed by atoms with Gasteiger partial charge < -0.3 is 15.0 Å². The van der Waals surface area contributed by atoms with E-state index < -0.39 is 0 Å². The minimum Gasteiger partial charge on any atom is -0.493 e. The summed E-state index contributed by atoms with van der Waals surface area (Å²) in [6.07, 6.45) is 0.792. The number of carbonyl (C=O) groups excluding carboxylic acids is 1. The van der Waals surface area contributed by atoms with Gasteiger partial charge in [0.2, 0.25) is 5.91 Å². The molecule has 6 heteroatoms. The largest absolute Gasteiger partial charge is 0.493 e. The summed E-state index contributed by atoms with van der Waals surface area (Å²) in [5.74, 6) is 0.884. The Morgan fingerprint density at radius 2 is 2.13 bits per heavy atom. The van der Waals surface area contributed by atoms with Crippen molar-refractivity contribution < 1.29 is 9.53 Å². The summed E-state index contributed by atoms with van der Waals surface area (Å²) in [7, 11) is 0. The second-order valence-electron chi connectivity index (χ2n) is 5.43. The van der Waals surface area contributed by atoms with Crippen molar-refractivity contribution in [2.45, 2.75) is 38.5 Å². The predicted molar refractivity (Wildman–Crippen MR) is 100 cm³/mol. The van der Waals surface area contributed by atoms with Crippen molar-refractivity contribution >= 4 is 34.2 Å². The number of thiocarbonyl (C=S) groups is 1. The Labute approximate surface area is 148 Å². The number of hydrogen-bond donors (Lipinski definition) is 1. The number of para-hydroxylation sites is 1. The molecule has 0 fully saturated rings. The molecule has 1 N–H and O–H groups in total. The lowest BCUT2D eigenvalue weighted by molar-refractivity contribution is -0.121. The van der Waals surface area contributed by atoms with Crippen LogP contribution in [0.3, 0.4) is 0 Å². The first-order valence-corrected chi connectivity index (χ1v) is 9.33. The van der Waals surface area contributed by atoms with Gasteiger partial charge in [-0.3, -0.25) is 4.79 Å². The monoisotopic (exact) mass is 352 g/mol. The van der Waals surface area contributed by atoms with Gasteiger partial charge in [-0.15, -0.1) is 0 Å². The molecule has 4 nitrogen and oxygen atoms in total. The summed E-state index contributed by atoms with van der Waals surface area (Å²) in [5.41, 5.74) is 1.05. The first-order valence-electron chi connectivity index (χ1n) is 8.04. The van der Waals surface area contributed by atoms with Crippen LogP contribution in [0.5, 0.6) is 5.75 Å². The maximum atomic E-state index is 12.5. The maximum absolute atomic E-state index is 12.5. The van der Waals surface area contributed by atoms with Crippen molar-refractivity contribution in [1.82, 2.24) is 10.2 Å². The minimum absolute atomic E-state index is 0.0116. The molecule has 0 saturated heterocycles. The molecule has 0 aliphatic carbocycles. The second-order valence-corrected chi connectivity index (χ2v) is 7.41. The van der Waals surface area contributed by atoms with E-state index in [0.29, 0.717) is 6.61 Å². The summed E-state index contributed by atoms with van der Waals surface area (Å²) in [5, 5.41) is 2.93. The summed E-state index contributed by atoms with van der Waals surface area (Å²) in [6, 6.07) is 7.89. The van der Waals surface area contributed by atoms with E-state index in [1.54, 1.807) is 0 Å². The number of thioether (sulfide) groups is 1. The van der Waals surface area contributed by atoms with Gasteiger partial charge in [-0.1, -0.05) is 42.2 Å². The maximum Gasteiger partial charge on any atom is 0.233 e. The van der Waals surface area contributed by atoms with E-state index in [1.165, 1.54) is 11.8 Å². The second kappa shape index (κ2) is 8.55. The van der Waals surface area contributed by atoms with Crippen molar-refractivity contribution in [2.24, 2.45) is 0 Å². The van der Waals surface area contributed by atoms with Crippen LogP contribution in [-0.2, 0) is 4.79 Å². The molecule has 126 valence electrons. The number of hydrogen-bond acceptors (Lipinski definition) is 4. The first-order chi connectivity index (χ1) is 11.1. The third kappa shape index (κ3) is 4.61. The number of nitrogens with one attached hydrogen (secondary N) is 1. The van der Waals surface area contributed by atoms with E-state index in [2.05, 4.69) is 24.1 Å².